The molecule has 0 bridgehead atoms. The van der Waals surface area contributed by atoms with Crippen LogP contribution >= 0.6 is 0 Å². The lowest BCUT2D eigenvalue weighted by Crippen LogP contribution is -2.35. The van der Waals surface area contributed by atoms with Crippen molar-refractivity contribution in [3.8, 4) is 0 Å². The molecule has 6 heteroatoms. The lowest BCUT2D eigenvalue weighted by atomic mass is 9.95. The summed E-state index contributed by atoms with van der Waals surface area (Å²) in [7, 11) is 1.73. The molecule has 0 fully saturated rings. The fourth-order valence-corrected chi connectivity index (χ4v) is 2.35. The Kier molecular flexibility index (Phi) is 5.91. The second-order valence-corrected chi connectivity index (χ2v) is 5.58. The molecule has 0 unspecified atom stereocenters. The Morgan fingerprint density at radius 1 is 1.26 bits per heavy atom. The van der Waals surface area contributed by atoms with Gasteiger partial charge in [-0.1, -0.05) is 30.3 Å². The molecule has 0 aliphatic rings. The fourth-order valence-electron chi connectivity index (χ4n) is 2.35. The Morgan fingerprint density at radius 3 is 2.61 bits per heavy atom. The average molecular weight is 314 g/mol. The molecule has 2 rings (SSSR count). The molecule has 1 atom stereocenters. The van der Waals surface area contributed by atoms with Crippen LogP contribution < -0.4 is 5.73 Å². The van der Waals surface area contributed by atoms with Crippen LogP contribution in [0.25, 0.3) is 0 Å². The quantitative estimate of drug-likeness (QED) is 0.791. The zero-order valence-electron chi connectivity index (χ0n) is 13.3. The molecule has 6 nitrogen and oxygen atoms in total. The summed E-state index contributed by atoms with van der Waals surface area (Å²) in [5.41, 5.74) is 6.46. The minimum Gasteiger partial charge on any atom is -0.369 e. The Bertz CT molecular complexity index is 625. The van der Waals surface area contributed by atoms with Gasteiger partial charge in [-0.3, -0.25) is 14.3 Å². The standard InChI is InChI=1S/C17H22N4O2/c1-20(10-11-21-9-5-8-19-21)16(22)13-15(17(18)23)12-14-6-3-2-4-7-14/h2-9,15H,10-13H2,1H3,(H2,18,23)/t15-/m1/s1. The van der Waals surface area contributed by atoms with Gasteiger partial charge in [-0.25, -0.2) is 0 Å². The van der Waals surface area contributed by atoms with Gasteiger partial charge >= 0.3 is 0 Å². The molecule has 122 valence electrons. The number of nitrogens with two attached hydrogens (primary N) is 1. The van der Waals surface area contributed by atoms with Crippen LogP contribution in [-0.2, 0) is 22.6 Å². The van der Waals surface area contributed by atoms with Crippen molar-refractivity contribution in [2.24, 2.45) is 11.7 Å². The van der Waals surface area contributed by atoms with Crippen LogP contribution in [0, 0.1) is 5.92 Å². The summed E-state index contributed by atoms with van der Waals surface area (Å²) >= 11 is 0. The van der Waals surface area contributed by atoms with Crippen molar-refractivity contribution in [1.82, 2.24) is 14.7 Å². The third-order valence-electron chi connectivity index (χ3n) is 3.80. The summed E-state index contributed by atoms with van der Waals surface area (Å²) in [4.78, 5) is 25.6. The third-order valence-corrected chi connectivity index (χ3v) is 3.80. The second-order valence-electron chi connectivity index (χ2n) is 5.58. The summed E-state index contributed by atoms with van der Waals surface area (Å²) in [6, 6.07) is 11.4. The maximum atomic E-state index is 12.3. The number of hydrogen-bond donors (Lipinski definition) is 1. The van der Waals surface area contributed by atoms with Gasteiger partial charge in [0, 0.05) is 32.4 Å². The van der Waals surface area contributed by atoms with E-state index in [9.17, 15) is 9.59 Å². The van der Waals surface area contributed by atoms with E-state index in [0.717, 1.165) is 5.56 Å². The number of hydrogen-bond acceptors (Lipinski definition) is 3. The minimum absolute atomic E-state index is 0.0862. The molecular formula is C17H22N4O2. The van der Waals surface area contributed by atoms with Gasteiger partial charge in [-0.15, -0.1) is 0 Å². The Balaban J connectivity index is 1.88. The summed E-state index contributed by atoms with van der Waals surface area (Å²) < 4.78 is 1.76. The van der Waals surface area contributed by atoms with E-state index in [1.165, 1.54) is 0 Å². The Hall–Kier alpha value is -2.63. The first kappa shape index (κ1) is 16.7. The number of carbonyl (C=O) groups is 2. The Morgan fingerprint density at radius 2 is 2.00 bits per heavy atom. The van der Waals surface area contributed by atoms with Crippen molar-refractivity contribution >= 4 is 11.8 Å². The molecule has 0 saturated heterocycles. The van der Waals surface area contributed by atoms with Crippen LogP contribution in [0.1, 0.15) is 12.0 Å². The highest BCUT2D eigenvalue weighted by molar-refractivity contribution is 5.85. The summed E-state index contributed by atoms with van der Waals surface area (Å²) in [6.45, 7) is 1.16. The molecule has 2 N–H and O–H groups in total. The van der Waals surface area contributed by atoms with E-state index in [2.05, 4.69) is 5.10 Å². The number of carbonyl (C=O) groups excluding carboxylic acids is 2. The molecule has 0 aliphatic carbocycles. The highest BCUT2D eigenvalue weighted by Crippen LogP contribution is 2.13. The van der Waals surface area contributed by atoms with E-state index in [0.29, 0.717) is 19.5 Å². The molecule has 0 aliphatic heterocycles. The maximum Gasteiger partial charge on any atom is 0.223 e. The van der Waals surface area contributed by atoms with Gasteiger partial charge in [0.2, 0.25) is 11.8 Å². The first-order valence-corrected chi connectivity index (χ1v) is 7.61. The zero-order chi connectivity index (χ0) is 16.7. The van der Waals surface area contributed by atoms with Crippen LogP contribution in [-0.4, -0.2) is 40.1 Å². The van der Waals surface area contributed by atoms with E-state index in [1.807, 2.05) is 42.6 Å². The molecule has 0 radical (unpaired) electrons. The van der Waals surface area contributed by atoms with Gasteiger partial charge in [0.25, 0.3) is 0 Å². The fraction of sp³-hybridized carbons (Fsp3) is 0.353. The predicted octanol–water partition coefficient (Wildman–Crippen LogP) is 1.08. The smallest absolute Gasteiger partial charge is 0.223 e. The first-order chi connectivity index (χ1) is 11.1. The molecule has 2 aromatic rings. The monoisotopic (exact) mass is 314 g/mol. The Labute approximate surface area is 135 Å². The molecule has 0 saturated carbocycles. The number of nitrogens with zero attached hydrogens (tertiary/aromatic N) is 3. The first-order valence-electron chi connectivity index (χ1n) is 7.61. The van der Waals surface area contributed by atoms with Crippen molar-refractivity contribution in [2.45, 2.75) is 19.4 Å². The molecule has 2 amide bonds. The van der Waals surface area contributed by atoms with Gasteiger partial charge in [-0.2, -0.15) is 5.10 Å². The van der Waals surface area contributed by atoms with E-state index in [4.69, 9.17) is 5.73 Å². The maximum absolute atomic E-state index is 12.3. The topological polar surface area (TPSA) is 81.2 Å². The largest absolute Gasteiger partial charge is 0.369 e. The van der Waals surface area contributed by atoms with Crippen molar-refractivity contribution in [3.63, 3.8) is 0 Å². The SMILES string of the molecule is CN(CCn1cccn1)C(=O)C[C@@H](Cc1ccccc1)C(N)=O. The van der Waals surface area contributed by atoms with Crippen LogP contribution in [0.3, 0.4) is 0 Å². The van der Waals surface area contributed by atoms with Crippen LogP contribution in [0.4, 0.5) is 0 Å². The van der Waals surface area contributed by atoms with Crippen molar-refractivity contribution in [3.05, 3.63) is 54.4 Å². The average Bonchev–Trinajstić information content (AvgIpc) is 3.06. The van der Waals surface area contributed by atoms with Gasteiger partial charge in [0.15, 0.2) is 0 Å². The van der Waals surface area contributed by atoms with E-state index >= 15 is 0 Å². The molecule has 1 aromatic carbocycles. The molecule has 0 spiro atoms. The number of rotatable bonds is 8. The highest BCUT2D eigenvalue weighted by Gasteiger charge is 2.22. The number of likely N-dealkylation sites (N-methyl/N-ethyl adjacent to an activating group) is 1. The van der Waals surface area contributed by atoms with E-state index in [-0.39, 0.29) is 12.3 Å². The van der Waals surface area contributed by atoms with Crippen molar-refractivity contribution in [2.75, 3.05) is 13.6 Å². The minimum atomic E-state index is -0.489. The molecule has 1 aromatic heterocycles. The summed E-state index contributed by atoms with van der Waals surface area (Å²) in [6.07, 6.45) is 4.15. The lowest BCUT2D eigenvalue weighted by molar-refractivity contribution is -0.134. The van der Waals surface area contributed by atoms with E-state index in [1.54, 1.807) is 22.8 Å². The number of primary amides is 1. The van der Waals surface area contributed by atoms with Gasteiger partial charge in [0.1, 0.15) is 0 Å². The van der Waals surface area contributed by atoms with Crippen LogP contribution in [0.5, 0.6) is 0 Å². The van der Waals surface area contributed by atoms with Gasteiger partial charge in [0.05, 0.1) is 12.5 Å². The summed E-state index contributed by atoms with van der Waals surface area (Å²) in [5.74, 6) is -1.02. The van der Waals surface area contributed by atoms with Crippen molar-refractivity contribution in [1.29, 1.82) is 0 Å². The highest BCUT2D eigenvalue weighted by atomic mass is 16.2. The zero-order valence-corrected chi connectivity index (χ0v) is 13.3. The van der Waals surface area contributed by atoms with Crippen molar-refractivity contribution < 1.29 is 9.59 Å². The molecule has 1 heterocycles. The third kappa shape index (κ3) is 5.25. The normalized spacial score (nSPS) is 11.9. The van der Waals surface area contributed by atoms with Crippen LogP contribution in [0.2, 0.25) is 0 Å². The second kappa shape index (κ2) is 8.12. The number of aromatic nitrogens is 2. The lowest BCUT2D eigenvalue weighted by Gasteiger charge is -2.20. The van der Waals surface area contributed by atoms with Gasteiger partial charge in [-0.05, 0) is 18.1 Å². The number of amides is 2. The number of benzene rings is 1. The van der Waals surface area contributed by atoms with Crippen LogP contribution in [0.15, 0.2) is 48.8 Å². The molecule has 23 heavy (non-hydrogen) atoms. The van der Waals surface area contributed by atoms with E-state index < -0.39 is 11.8 Å². The van der Waals surface area contributed by atoms with Gasteiger partial charge < -0.3 is 10.6 Å². The molecular weight excluding hydrogens is 292 g/mol. The predicted molar refractivity (Wildman–Crippen MR) is 87.3 cm³/mol. The summed E-state index contributed by atoms with van der Waals surface area (Å²) in [5, 5.41) is 4.10.